The van der Waals surface area contributed by atoms with Crippen LogP contribution in [-0.2, 0) is 0 Å². The number of anilines is 1. The summed E-state index contributed by atoms with van der Waals surface area (Å²) < 4.78 is 0. The molecule has 1 heterocycles. The fourth-order valence-corrected chi connectivity index (χ4v) is 3.49. The quantitative estimate of drug-likeness (QED) is 0.694. The highest BCUT2D eigenvalue weighted by atomic mass is 35.5. The fraction of sp³-hybridized carbons (Fsp3) is 0.118. The summed E-state index contributed by atoms with van der Waals surface area (Å²) in [5.74, 6) is 0. The highest BCUT2D eigenvalue weighted by molar-refractivity contribution is 8.03. The Bertz CT molecular complexity index is 695. The molecule has 0 fully saturated rings. The number of aliphatic imine (C=N–C) groups is 1. The number of nitrogens with zero attached hydrogens (tertiary/aromatic N) is 2. The number of thioether (sulfide) groups is 1. The first-order chi connectivity index (χ1) is 10.3. The Kier molecular flexibility index (Phi) is 4.32. The normalized spacial score (nSPS) is 15.9. The van der Waals surface area contributed by atoms with Crippen LogP contribution in [-0.4, -0.2) is 12.8 Å². The highest BCUT2D eigenvalue weighted by Gasteiger charge is 2.23. The molecule has 1 aliphatic rings. The number of benzene rings is 2. The van der Waals surface area contributed by atoms with Crippen molar-refractivity contribution in [3.63, 3.8) is 0 Å². The first kappa shape index (κ1) is 14.2. The van der Waals surface area contributed by atoms with Crippen LogP contribution in [0.15, 0.2) is 69.5 Å². The van der Waals surface area contributed by atoms with E-state index in [0.717, 1.165) is 17.3 Å². The van der Waals surface area contributed by atoms with Crippen molar-refractivity contribution >= 4 is 41.0 Å². The SMILES string of the molecule is CCN1C(=CC=Nc2ccccc2)Sc2ccc(Cl)cc21. The van der Waals surface area contributed by atoms with Crippen molar-refractivity contribution in [2.45, 2.75) is 11.8 Å². The van der Waals surface area contributed by atoms with Gasteiger partial charge in [0.15, 0.2) is 0 Å². The topological polar surface area (TPSA) is 15.6 Å². The lowest BCUT2D eigenvalue weighted by atomic mass is 10.3. The van der Waals surface area contributed by atoms with Crippen molar-refractivity contribution in [1.82, 2.24) is 0 Å². The van der Waals surface area contributed by atoms with Crippen LogP contribution in [0.1, 0.15) is 6.92 Å². The van der Waals surface area contributed by atoms with Gasteiger partial charge in [-0.2, -0.15) is 0 Å². The molecule has 106 valence electrons. The van der Waals surface area contributed by atoms with E-state index in [-0.39, 0.29) is 0 Å². The summed E-state index contributed by atoms with van der Waals surface area (Å²) in [4.78, 5) is 7.94. The minimum absolute atomic E-state index is 0.770. The zero-order valence-corrected chi connectivity index (χ0v) is 13.2. The fourth-order valence-electron chi connectivity index (χ4n) is 2.23. The van der Waals surface area contributed by atoms with E-state index >= 15 is 0 Å². The first-order valence-electron chi connectivity index (χ1n) is 6.82. The Labute approximate surface area is 134 Å². The summed E-state index contributed by atoms with van der Waals surface area (Å²) in [6.07, 6.45) is 3.91. The molecule has 0 N–H and O–H groups in total. The van der Waals surface area contributed by atoms with E-state index < -0.39 is 0 Å². The summed E-state index contributed by atoms with van der Waals surface area (Å²) in [6, 6.07) is 16.0. The summed E-state index contributed by atoms with van der Waals surface area (Å²) in [7, 11) is 0. The molecule has 2 nitrogen and oxygen atoms in total. The summed E-state index contributed by atoms with van der Waals surface area (Å²) in [5.41, 5.74) is 2.13. The van der Waals surface area contributed by atoms with E-state index in [1.165, 1.54) is 15.6 Å². The predicted molar refractivity (Wildman–Crippen MR) is 93.0 cm³/mol. The standard InChI is InChI=1S/C17H15ClN2S/c1-2-20-15-12-13(18)8-9-16(15)21-17(20)10-11-19-14-6-4-3-5-7-14/h3-12H,2H2,1H3. The van der Waals surface area contributed by atoms with Gasteiger partial charge in [-0.15, -0.1) is 0 Å². The number of fused-ring (bicyclic) bond motifs is 1. The molecule has 4 heteroatoms. The van der Waals surface area contributed by atoms with E-state index in [4.69, 9.17) is 11.6 Å². The molecular formula is C17H15ClN2S. The average Bonchev–Trinajstić information content (AvgIpc) is 2.85. The molecule has 0 radical (unpaired) electrons. The molecule has 1 aliphatic heterocycles. The summed E-state index contributed by atoms with van der Waals surface area (Å²) >= 11 is 7.85. The molecule has 0 amide bonds. The number of allylic oxidation sites excluding steroid dienone is 1. The van der Waals surface area contributed by atoms with Crippen LogP contribution in [0, 0.1) is 0 Å². The van der Waals surface area contributed by atoms with Gasteiger partial charge in [0.05, 0.1) is 16.4 Å². The van der Waals surface area contributed by atoms with Crippen molar-refractivity contribution in [2.75, 3.05) is 11.4 Å². The maximum atomic E-state index is 6.10. The van der Waals surface area contributed by atoms with Crippen molar-refractivity contribution in [1.29, 1.82) is 0 Å². The number of para-hydroxylation sites is 1. The van der Waals surface area contributed by atoms with E-state index in [2.05, 4.69) is 29.0 Å². The molecule has 0 spiro atoms. The maximum Gasteiger partial charge on any atom is 0.0816 e. The molecule has 0 atom stereocenters. The molecular weight excluding hydrogens is 300 g/mol. The zero-order chi connectivity index (χ0) is 14.7. The second-order valence-corrected chi connectivity index (χ2v) is 6.08. The van der Waals surface area contributed by atoms with Crippen molar-refractivity contribution in [3.05, 3.63) is 64.7 Å². The molecule has 0 bridgehead atoms. The van der Waals surface area contributed by atoms with Gasteiger partial charge < -0.3 is 4.90 Å². The van der Waals surface area contributed by atoms with Crippen LogP contribution < -0.4 is 4.90 Å². The smallest absolute Gasteiger partial charge is 0.0816 e. The third kappa shape index (κ3) is 3.14. The second-order valence-electron chi connectivity index (χ2n) is 4.58. The van der Waals surface area contributed by atoms with E-state index in [1.807, 2.05) is 48.7 Å². The molecule has 2 aromatic rings. The van der Waals surface area contributed by atoms with Gasteiger partial charge in [-0.05, 0) is 43.3 Å². The number of hydrogen-bond acceptors (Lipinski definition) is 3. The molecule has 2 aromatic carbocycles. The number of rotatable bonds is 3. The molecule has 0 aliphatic carbocycles. The second kappa shape index (κ2) is 6.37. The van der Waals surface area contributed by atoms with Gasteiger partial charge in [0.1, 0.15) is 0 Å². The Hall–Kier alpha value is -1.71. The monoisotopic (exact) mass is 314 g/mol. The van der Waals surface area contributed by atoms with Gasteiger partial charge in [-0.3, -0.25) is 4.99 Å². The predicted octanol–water partition coefficient (Wildman–Crippen LogP) is 5.52. The van der Waals surface area contributed by atoms with Gasteiger partial charge in [-0.1, -0.05) is 41.6 Å². The highest BCUT2D eigenvalue weighted by Crippen LogP contribution is 2.46. The Morgan fingerprint density at radius 2 is 2.00 bits per heavy atom. The summed E-state index contributed by atoms with van der Waals surface area (Å²) in [5, 5.41) is 1.95. The first-order valence-corrected chi connectivity index (χ1v) is 8.01. The van der Waals surface area contributed by atoms with Gasteiger partial charge in [0.2, 0.25) is 0 Å². The molecule has 0 aromatic heterocycles. The largest absolute Gasteiger partial charge is 0.335 e. The van der Waals surface area contributed by atoms with Crippen LogP contribution in [0.4, 0.5) is 11.4 Å². The van der Waals surface area contributed by atoms with Crippen molar-refractivity contribution in [3.8, 4) is 0 Å². The lowest BCUT2D eigenvalue weighted by molar-refractivity contribution is 1.00. The Balaban J connectivity index is 1.84. The molecule has 0 unspecified atom stereocenters. The van der Waals surface area contributed by atoms with Crippen LogP contribution >= 0.6 is 23.4 Å². The van der Waals surface area contributed by atoms with Crippen LogP contribution in [0.25, 0.3) is 0 Å². The van der Waals surface area contributed by atoms with Gasteiger partial charge >= 0.3 is 0 Å². The minimum Gasteiger partial charge on any atom is -0.335 e. The van der Waals surface area contributed by atoms with Crippen LogP contribution in [0.2, 0.25) is 5.02 Å². The maximum absolute atomic E-state index is 6.10. The van der Waals surface area contributed by atoms with Crippen LogP contribution in [0.3, 0.4) is 0 Å². The van der Waals surface area contributed by atoms with Gasteiger partial charge in [0, 0.05) is 22.7 Å². The third-order valence-electron chi connectivity index (χ3n) is 3.21. The molecule has 0 saturated heterocycles. The van der Waals surface area contributed by atoms with Crippen molar-refractivity contribution < 1.29 is 0 Å². The molecule has 3 rings (SSSR count). The van der Waals surface area contributed by atoms with Gasteiger partial charge in [-0.25, -0.2) is 0 Å². The lowest BCUT2D eigenvalue weighted by Gasteiger charge is -2.17. The Morgan fingerprint density at radius 3 is 2.76 bits per heavy atom. The van der Waals surface area contributed by atoms with Gasteiger partial charge in [0.25, 0.3) is 0 Å². The lowest BCUT2D eigenvalue weighted by Crippen LogP contribution is -2.16. The van der Waals surface area contributed by atoms with E-state index in [1.54, 1.807) is 11.8 Å². The van der Waals surface area contributed by atoms with E-state index in [9.17, 15) is 0 Å². The summed E-state index contributed by atoms with van der Waals surface area (Å²) in [6.45, 7) is 3.05. The minimum atomic E-state index is 0.770. The molecule has 0 saturated carbocycles. The number of halogens is 1. The zero-order valence-electron chi connectivity index (χ0n) is 11.7. The average molecular weight is 315 g/mol. The van der Waals surface area contributed by atoms with E-state index in [0.29, 0.717) is 0 Å². The van der Waals surface area contributed by atoms with Crippen LogP contribution in [0.5, 0.6) is 0 Å². The van der Waals surface area contributed by atoms with Crippen molar-refractivity contribution in [2.24, 2.45) is 4.99 Å². The third-order valence-corrected chi connectivity index (χ3v) is 4.57. The number of hydrogen-bond donors (Lipinski definition) is 0. The molecule has 21 heavy (non-hydrogen) atoms. The Morgan fingerprint density at radius 1 is 1.19 bits per heavy atom.